The molecule has 140 valence electrons. The summed E-state index contributed by atoms with van der Waals surface area (Å²) >= 11 is 0. The highest BCUT2D eigenvalue weighted by atomic mass is 16.1. The number of hydrogen-bond acceptors (Lipinski definition) is 6. The lowest BCUT2D eigenvalue weighted by Gasteiger charge is -2.07. The van der Waals surface area contributed by atoms with Crippen molar-refractivity contribution in [2.75, 3.05) is 5.32 Å². The summed E-state index contributed by atoms with van der Waals surface area (Å²) in [5.74, 6) is 1.94. The number of carbonyl (C=O) groups is 1. The Morgan fingerprint density at radius 1 is 1.14 bits per heavy atom. The number of aromatic amines is 1. The summed E-state index contributed by atoms with van der Waals surface area (Å²) in [6.45, 7) is 3.67. The van der Waals surface area contributed by atoms with Crippen molar-refractivity contribution >= 4 is 11.6 Å². The van der Waals surface area contributed by atoms with Crippen LogP contribution in [-0.2, 0) is 11.2 Å². The number of nitrogens with zero attached hydrogens (tertiary/aromatic N) is 6. The Morgan fingerprint density at radius 3 is 2.64 bits per heavy atom. The van der Waals surface area contributed by atoms with E-state index in [1.165, 1.54) is 0 Å². The van der Waals surface area contributed by atoms with E-state index in [0.717, 1.165) is 22.6 Å². The Labute approximate surface area is 160 Å². The summed E-state index contributed by atoms with van der Waals surface area (Å²) in [6, 6.07) is 15.0. The Hall–Kier alpha value is -3.88. The van der Waals surface area contributed by atoms with Gasteiger partial charge in [0.15, 0.2) is 11.6 Å². The van der Waals surface area contributed by atoms with Gasteiger partial charge >= 0.3 is 0 Å². The van der Waals surface area contributed by atoms with Crippen LogP contribution < -0.4 is 5.32 Å². The van der Waals surface area contributed by atoms with Crippen molar-refractivity contribution in [1.29, 1.82) is 0 Å². The molecule has 4 aromatic rings. The zero-order valence-corrected chi connectivity index (χ0v) is 15.4. The molecule has 2 aromatic heterocycles. The molecule has 9 nitrogen and oxygen atoms in total. The first-order valence-electron chi connectivity index (χ1n) is 8.72. The highest BCUT2D eigenvalue weighted by Gasteiger charge is 2.09. The predicted octanol–water partition coefficient (Wildman–Crippen LogP) is 2.25. The molecule has 2 aromatic carbocycles. The SMILES string of the molecule is Cc1nc(-c2cccc(NC(=O)Cc3ccc(-n4nnnc4C)cc3)c2)n[nH]1. The third-order valence-electron chi connectivity index (χ3n) is 4.17. The molecule has 0 aliphatic rings. The maximum atomic E-state index is 12.4. The van der Waals surface area contributed by atoms with E-state index >= 15 is 0 Å². The number of rotatable bonds is 5. The Bertz CT molecular complexity index is 1110. The molecule has 4 rings (SSSR count). The summed E-state index contributed by atoms with van der Waals surface area (Å²) in [4.78, 5) is 16.7. The van der Waals surface area contributed by atoms with Crippen molar-refractivity contribution < 1.29 is 4.79 Å². The predicted molar refractivity (Wildman–Crippen MR) is 103 cm³/mol. The fraction of sp³-hybridized carbons (Fsp3) is 0.158. The quantitative estimate of drug-likeness (QED) is 0.554. The molecule has 0 unspecified atom stereocenters. The van der Waals surface area contributed by atoms with Gasteiger partial charge in [0, 0.05) is 11.3 Å². The van der Waals surface area contributed by atoms with Gasteiger partial charge < -0.3 is 5.32 Å². The third kappa shape index (κ3) is 3.78. The van der Waals surface area contributed by atoms with Crippen LogP contribution in [0.5, 0.6) is 0 Å². The molecule has 2 N–H and O–H groups in total. The van der Waals surface area contributed by atoms with E-state index in [9.17, 15) is 4.79 Å². The summed E-state index contributed by atoms with van der Waals surface area (Å²) in [5, 5.41) is 21.3. The lowest BCUT2D eigenvalue weighted by atomic mass is 10.1. The molecule has 0 aliphatic heterocycles. The molecular formula is C19H18N8O. The van der Waals surface area contributed by atoms with Gasteiger partial charge in [-0.05, 0) is 54.1 Å². The lowest BCUT2D eigenvalue weighted by molar-refractivity contribution is -0.115. The largest absolute Gasteiger partial charge is 0.326 e. The minimum absolute atomic E-state index is 0.102. The number of H-pyrrole nitrogens is 1. The molecule has 9 heteroatoms. The molecule has 0 saturated carbocycles. The average Bonchev–Trinajstić information content (AvgIpc) is 3.31. The molecule has 0 bridgehead atoms. The second-order valence-electron chi connectivity index (χ2n) is 6.35. The van der Waals surface area contributed by atoms with E-state index < -0.39 is 0 Å². The van der Waals surface area contributed by atoms with Crippen molar-refractivity contribution in [2.24, 2.45) is 0 Å². The summed E-state index contributed by atoms with van der Waals surface area (Å²) in [7, 11) is 0. The fourth-order valence-electron chi connectivity index (χ4n) is 2.82. The van der Waals surface area contributed by atoms with Crippen LogP contribution in [0.25, 0.3) is 17.1 Å². The topological polar surface area (TPSA) is 114 Å². The van der Waals surface area contributed by atoms with Crippen LogP contribution in [0, 0.1) is 13.8 Å². The first-order valence-corrected chi connectivity index (χ1v) is 8.72. The van der Waals surface area contributed by atoms with Gasteiger partial charge in [-0.2, -0.15) is 9.78 Å². The van der Waals surface area contributed by atoms with E-state index in [-0.39, 0.29) is 12.3 Å². The molecular weight excluding hydrogens is 356 g/mol. The number of amides is 1. The Kier molecular flexibility index (Phi) is 4.63. The summed E-state index contributed by atoms with van der Waals surface area (Å²) < 4.78 is 1.64. The third-order valence-corrected chi connectivity index (χ3v) is 4.17. The number of anilines is 1. The van der Waals surface area contributed by atoms with Crippen LogP contribution in [0.2, 0.25) is 0 Å². The highest BCUT2D eigenvalue weighted by Crippen LogP contribution is 2.19. The number of benzene rings is 2. The molecule has 0 radical (unpaired) electrons. The van der Waals surface area contributed by atoms with Gasteiger partial charge in [0.25, 0.3) is 0 Å². The molecule has 0 aliphatic carbocycles. The van der Waals surface area contributed by atoms with Crippen LogP contribution in [0.3, 0.4) is 0 Å². The van der Waals surface area contributed by atoms with E-state index in [1.807, 2.05) is 62.4 Å². The number of aryl methyl sites for hydroxylation is 2. The van der Waals surface area contributed by atoms with Crippen LogP contribution >= 0.6 is 0 Å². The molecule has 0 spiro atoms. The van der Waals surface area contributed by atoms with Gasteiger partial charge in [-0.15, -0.1) is 5.10 Å². The maximum absolute atomic E-state index is 12.4. The lowest BCUT2D eigenvalue weighted by Crippen LogP contribution is -2.14. The van der Waals surface area contributed by atoms with Crippen molar-refractivity contribution in [2.45, 2.75) is 20.3 Å². The number of carbonyl (C=O) groups excluding carboxylic acids is 1. The second-order valence-corrected chi connectivity index (χ2v) is 6.35. The minimum Gasteiger partial charge on any atom is -0.326 e. The fourth-order valence-corrected chi connectivity index (χ4v) is 2.82. The molecule has 2 heterocycles. The molecule has 28 heavy (non-hydrogen) atoms. The van der Waals surface area contributed by atoms with E-state index in [1.54, 1.807) is 4.68 Å². The average molecular weight is 374 g/mol. The smallest absolute Gasteiger partial charge is 0.228 e. The van der Waals surface area contributed by atoms with E-state index in [4.69, 9.17) is 0 Å². The van der Waals surface area contributed by atoms with E-state index in [2.05, 4.69) is 36.0 Å². The summed E-state index contributed by atoms with van der Waals surface area (Å²) in [6.07, 6.45) is 0.263. The van der Waals surface area contributed by atoms with Gasteiger partial charge in [-0.25, -0.2) is 4.98 Å². The molecule has 0 fully saturated rings. The van der Waals surface area contributed by atoms with Gasteiger partial charge in [0.2, 0.25) is 5.91 Å². The van der Waals surface area contributed by atoms with Crippen LogP contribution in [-0.4, -0.2) is 41.3 Å². The first kappa shape index (κ1) is 17.5. The highest BCUT2D eigenvalue weighted by molar-refractivity contribution is 5.92. The number of nitrogens with one attached hydrogen (secondary N) is 2. The zero-order chi connectivity index (χ0) is 19.5. The number of hydrogen-bond donors (Lipinski definition) is 2. The van der Waals surface area contributed by atoms with Crippen molar-refractivity contribution in [3.8, 4) is 17.1 Å². The van der Waals surface area contributed by atoms with Crippen molar-refractivity contribution in [3.05, 3.63) is 65.7 Å². The monoisotopic (exact) mass is 374 g/mol. The Balaban J connectivity index is 1.43. The maximum Gasteiger partial charge on any atom is 0.228 e. The van der Waals surface area contributed by atoms with Gasteiger partial charge in [-0.1, -0.05) is 24.3 Å². The van der Waals surface area contributed by atoms with Crippen LogP contribution in [0.15, 0.2) is 48.5 Å². The number of tetrazole rings is 1. The number of aromatic nitrogens is 7. The Morgan fingerprint density at radius 2 is 1.96 bits per heavy atom. The molecule has 0 saturated heterocycles. The van der Waals surface area contributed by atoms with Crippen LogP contribution in [0.1, 0.15) is 17.2 Å². The van der Waals surface area contributed by atoms with E-state index in [0.29, 0.717) is 17.3 Å². The molecule has 1 amide bonds. The van der Waals surface area contributed by atoms with Crippen molar-refractivity contribution in [1.82, 2.24) is 35.4 Å². The van der Waals surface area contributed by atoms with Gasteiger partial charge in [0.05, 0.1) is 12.1 Å². The van der Waals surface area contributed by atoms with Gasteiger partial charge in [0.1, 0.15) is 5.82 Å². The normalized spacial score (nSPS) is 10.8. The summed E-state index contributed by atoms with van der Waals surface area (Å²) in [5.41, 5.74) is 3.28. The molecule has 0 atom stereocenters. The second kappa shape index (κ2) is 7.39. The van der Waals surface area contributed by atoms with Crippen molar-refractivity contribution in [3.63, 3.8) is 0 Å². The van der Waals surface area contributed by atoms with Crippen LogP contribution in [0.4, 0.5) is 5.69 Å². The first-order chi connectivity index (χ1) is 13.6. The minimum atomic E-state index is -0.102. The van der Waals surface area contributed by atoms with Gasteiger partial charge in [-0.3, -0.25) is 9.89 Å². The zero-order valence-electron chi connectivity index (χ0n) is 15.4. The standard InChI is InChI=1S/C19H18N8O/c1-12-20-19(24-22-12)15-4-3-5-16(11-15)21-18(28)10-14-6-8-17(9-7-14)27-13(2)23-25-26-27/h3-9,11H,10H2,1-2H3,(H,21,28)(H,20,22,24).